The minimum Gasteiger partial charge on any atom is -0.508 e. The SMILES string of the molecule is CCC(CC)(Pc1ccccc1N(C)C)c1cc(C)ccc1O. The zero-order valence-electron chi connectivity index (χ0n) is 14.9. The van der Waals surface area contributed by atoms with Crippen molar-refractivity contribution in [2.45, 2.75) is 38.8 Å². The molecule has 3 heteroatoms. The molecule has 23 heavy (non-hydrogen) atoms. The van der Waals surface area contributed by atoms with E-state index in [0.29, 0.717) is 14.3 Å². The molecule has 2 aromatic carbocycles. The molecule has 0 fully saturated rings. The van der Waals surface area contributed by atoms with E-state index < -0.39 is 0 Å². The number of hydrogen-bond donors (Lipinski definition) is 1. The van der Waals surface area contributed by atoms with Crippen molar-refractivity contribution >= 4 is 19.6 Å². The molecule has 0 amide bonds. The average molecular weight is 329 g/mol. The third-order valence-corrected chi connectivity index (χ3v) is 6.78. The van der Waals surface area contributed by atoms with Crippen molar-refractivity contribution in [3.8, 4) is 5.75 Å². The Morgan fingerprint density at radius 2 is 1.70 bits per heavy atom. The second-order valence-electron chi connectivity index (χ2n) is 6.35. The summed E-state index contributed by atoms with van der Waals surface area (Å²) in [5.41, 5.74) is 3.56. The second-order valence-corrected chi connectivity index (χ2v) is 8.09. The van der Waals surface area contributed by atoms with Gasteiger partial charge in [-0.05, 0) is 37.2 Å². The molecule has 0 saturated carbocycles. The number of aryl methyl sites for hydroxylation is 1. The molecule has 124 valence electrons. The van der Waals surface area contributed by atoms with E-state index >= 15 is 0 Å². The van der Waals surface area contributed by atoms with Crippen LogP contribution in [0.15, 0.2) is 42.5 Å². The largest absolute Gasteiger partial charge is 0.508 e. The number of para-hydroxylation sites is 1. The van der Waals surface area contributed by atoms with E-state index in [1.54, 1.807) is 0 Å². The minimum atomic E-state index is -0.0117. The molecule has 0 saturated heterocycles. The van der Waals surface area contributed by atoms with E-state index in [1.807, 2.05) is 12.1 Å². The molecule has 0 heterocycles. The number of benzene rings is 2. The number of phenols is 1. The topological polar surface area (TPSA) is 23.5 Å². The normalized spacial score (nSPS) is 12.0. The third-order valence-electron chi connectivity index (χ3n) is 4.63. The summed E-state index contributed by atoms with van der Waals surface area (Å²) >= 11 is 0. The van der Waals surface area contributed by atoms with Crippen molar-refractivity contribution in [2.24, 2.45) is 0 Å². The van der Waals surface area contributed by atoms with Crippen molar-refractivity contribution < 1.29 is 5.11 Å². The molecule has 1 N–H and O–H groups in total. The highest BCUT2D eigenvalue weighted by molar-refractivity contribution is 7.49. The van der Waals surface area contributed by atoms with Gasteiger partial charge in [0, 0.05) is 30.5 Å². The van der Waals surface area contributed by atoms with Gasteiger partial charge in [-0.25, -0.2) is 0 Å². The van der Waals surface area contributed by atoms with E-state index in [9.17, 15) is 5.11 Å². The molecular formula is C20H28NOP. The predicted molar refractivity (Wildman–Crippen MR) is 104 cm³/mol. The van der Waals surface area contributed by atoms with Crippen LogP contribution in [-0.4, -0.2) is 19.2 Å². The number of phenolic OH excluding ortho intramolecular Hbond substituents is 1. The molecule has 0 radical (unpaired) electrons. The smallest absolute Gasteiger partial charge is 0.119 e. The zero-order valence-corrected chi connectivity index (χ0v) is 15.9. The van der Waals surface area contributed by atoms with Crippen LogP contribution in [0.4, 0.5) is 5.69 Å². The highest BCUT2D eigenvalue weighted by atomic mass is 31.1. The molecule has 1 unspecified atom stereocenters. The Kier molecular flexibility index (Phi) is 5.70. The maximum atomic E-state index is 10.5. The maximum absolute atomic E-state index is 10.5. The van der Waals surface area contributed by atoms with Crippen LogP contribution in [0, 0.1) is 6.92 Å². The standard InChI is InChI=1S/C20H28NOP/c1-6-20(7-2,16-14-15(3)12-13-18(16)22)23-19-11-9-8-10-17(19)21(4)5/h8-14,22-23H,6-7H2,1-5H3. The number of hydrogen-bond acceptors (Lipinski definition) is 2. The van der Waals surface area contributed by atoms with Crippen molar-refractivity contribution in [2.75, 3.05) is 19.0 Å². The van der Waals surface area contributed by atoms with Crippen LogP contribution in [0.2, 0.25) is 0 Å². The van der Waals surface area contributed by atoms with Gasteiger partial charge in [0.05, 0.1) is 0 Å². The van der Waals surface area contributed by atoms with E-state index in [1.165, 1.54) is 16.6 Å². The van der Waals surface area contributed by atoms with Crippen molar-refractivity contribution in [3.63, 3.8) is 0 Å². The maximum Gasteiger partial charge on any atom is 0.119 e. The summed E-state index contributed by atoms with van der Waals surface area (Å²) in [6, 6.07) is 14.6. The Balaban J connectivity index is 2.53. The molecule has 1 atom stereocenters. The Labute approximate surface area is 142 Å². The average Bonchev–Trinajstić information content (AvgIpc) is 2.55. The predicted octanol–water partition coefficient (Wildman–Crippen LogP) is 4.79. The first kappa shape index (κ1) is 17.8. The Morgan fingerprint density at radius 3 is 2.30 bits per heavy atom. The summed E-state index contributed by atoms with van der Waals surface area (Å²) in [6.45, 7) is 6.56. The fourth-order valence-electron chi connectivity index (χ4n) is 3.14. The van der Waals surface area contributed by atoms with Crippen LogP contribution >= 0.6 is 8.58 Å². The van der Waals surface area contributed by atoms with Gasteiger partial charge in [-0.3, -0.25) is 0 Å². The van der Waals surface area contributed by atoms with Crippen LogP contribution < -0.4 is 10.2 Å². The monoisotopic (exact) mass is 329 g/mol. The summed E-state index contributed by atoms with van der Waals surface area (Å²) in [7, 11) is 4.81. The molecule has 2 nitrogen and oxygen atoms in total. The molecule has 2 aromatic rings. The van der Waals surface area contributed by atoms with Gasteiger partial charge in [0.15, 0.2) is 0 Å². The Bertz CT molecular complexity index is 662. The fourth-order valence-corrected chi connectivity index (χ4v) is 4.95. The van der Waals surface area contributed by atoms with Crippen LogP contribution in [0.25, 0.3) is 0 Å². The Hall–Kier alpha value is -1.53. The first-order chi connectivity index (χ1) is 10.9. The Morgan fingerprint density at radius 1 is 1.04 bits per heavy atom. The molecule has 0 aliphatic heterocycles. The van der Waals surface area contributed by atoms with Gasteiger partial charge in [0.2, 0.25) is 0 Å². The van der Waals surface area contributed by atoms with E-state index in [-0.39, 0.29) is 5.16 Å². The summed E-state index contributed by atoms with van der Waals surface area (Å²) in [5, 5.41) is 11.8. The molecule has 0 bridgehead atoms. The van der Waals surface area contributed by atoms with Gasteiger partial charge in [0.25, 0.3) is 0 Å². The van der Waals surface area contributed by atoms with Gasteiger partial charge in [-0.2, -0.15) is 0 Å². The number of nitrogens with zero attached hydrogens (tertiary/aromatic N) is 1. The van der Waals surface area contributed by atoms with Gasteiger partial charge < -0.3 is 10.0 Å². The molecule has 0 aliphatic carbocycles. The quantitative estimate of drug-likeness (QED) is 0.771. The first-order valence-electron chi connectivity index (χ1n) is 8.28. The van der Waals surface area contributed by atoms with Gasteiger partial charge >= 0.3 is 0 Å². The summed E-state index contributed by atoms with van der Waals surface area (Å²) in [5.74, 6) is 0.425. The van der Waals surface area contributed by atoms with E-state index in [0.717, 1.165) is 18.4 Å². The van der Waals surface area contributed by atoms with E-state index in [2.05, 4.69) is 70.1 Å². The lowest BCUT2D eigenvalue weighted by Crippen LogP contribution is -2.24. The molecule has 0 spiro atoms. The molecule has 2 rings (SSSR count). The number of rotatable bonds is 6. The van der Waals surface area contributed by atoms with Crippen LogP contribution in [0.1, 0.15) is 37.8 Å². The number of aromatic hydroxyl groups is 1. The van der Waals surface area contributed by atoms with Crippen LogP contribution in [-0.2, 0) is 5.16 Å². The van der Waals surface area contributed by atoms with Crippen molar-refractivity contribution in [1.82, 2.24) is 0 Å². The first-order valence-corrected chi connectivity index (χ1v) is 9.28. The third kappa shape index (κ3) is 3.70. The molecule has 0 aliphatic rings. The highest BCUT2D eigenvalue weighted by Crippen LogP contribution is 2.50. The second kappa shape index (κ2) is 7.36. The zero-order chi connectivity index (χ0) is 17.0. The lowest BCUT2D eigenvalue weighted by atomic mass is 9.91. The van der Waals surface area contributed by atoms with Gasteiger partial charge in [-0.1, -0.05) is 58.3 Å². The van der Waals surface area contributed by atoms with Crippen LogP contribution in [0.3, 0.4) is 0 Å². The fraction of sp³-hybridized carbons (Fsp3) is 0.400. The molecule has 0 aromatic heterocycles. The summed E-state index contributed by atoms with van der Waals surface area (Å²) in [4.78, 5) is 2.18. The summed E-state index contributed by atoms with van der Waals surface area (Å²) < 4.78 is 0. The highest BCUT2D eigenvalue weighted by Gasteiger charge is 2.32. The molecular weight excluding hydrogens is 301 g/mol. The lowest BCUT2D eigenvalue weighted by molar-refractivity contribution is 0.448. The van der Waals surface area contributed by atoms with Crippen molar-refractivity contribution in [3.05, 3.63) is 53.6 Å². The lowest BCUT2D eigenvalue weighted by Gasteiger charge is -2.34. The van der Waals surface area contributed by atoms with Crippen LogP contribution in [0.5, 0.6) is 5.75 Å². The number of anilines is 1. The van der Waals surface area contributed by atoms with Crippen molar-refractivity contribution in [1.29, 1.82) is 0 Å². The van der Waals surface area contributed by atoms with Gasteiger partial charge in [-0.15, -0.1) is 0 Å². The minimum absolute atomic E-state index is 0.0117. The van der Waals surface area contributed by atoms with E-state index in [4.69, 9.17) is 0 Å². The van der Waals surface area contributed by atoms with Gasteiger partial charge in [0.1, 0.15) is 5.75 Å². The summed E-state index contributed by atoms with van der Waals surface area (Å²) in [6.07, 6.45) is 2.03.